The summed E-state index contributed by atoms with van der Waals surface area (Å²) in [4.78, 5) is 0.201. The normalized spacial score (nSPS) is 19.0. The van der Waals surface area contributed by atoms with Gasteiger partial charge in [-0.2, -0.15) is 0 Å². The average molecular weight is 520 g/mol. The molecule has 11 heteroatoms. The largest absolute Gasteiger partial charge is 0.497 e. The van der Waals surface area contributed by atoms with Crippen LogP contribution in [0.1, 0.15) is 46.1 Å². The van der Waals surface area contributed by atoms with E-state index in [9.17, 15) is 8.42 Å². The van der Waals surface area contributed by atoms with E-state index in [0.717, 1.165) is 18.4 Å². The number of aryl methyl sites for hydroxylation is 1. The SMILES string of the molecule is Cc1ccc(S(=O)(=O)n2cc(B3OC(C)(C)C(C)(C)O3)c3cc(-c4nnc(NC5CC5)o4)ccc32)cc1. The van der Waals surface area contributed by atoms with Gasteiger partial charge in [0.15, 0.2) is 0 Å². The molecule has 192 valence electrons. The van der Waals surface area contributed by atoms with Crippen LogP contribution in [0.2, 0.25) is 0 Å². The molecule has 2 aromatic heterocycles. The molecule has 2 fully saturated rings. The number of fused-ring (bicyclic) bond motifs is 1. The number of hydrogen-bond acceptors (Lipinski definition) is 8. The molecule has 0 bridgehead atoms. The highest BCUT2D eigenvalue weighted by Gasteiger charge is 2.52. The Hall–Kier alpha value is -3.15. The van der Waals surface area contributed by atoms with E-state index in [-0.39, 0.29) is 4.90 Å². The van der Waals surface area contributed by atoms with Crippen LogP contribution in [0.25, 0.3) is 22.4 Å². The highest BCUT2D eigenvalue weighted by atomic mass is 32.2. The number of anilines is 1. The summed E-state index contributed by atoms with van der Waals surface area (Å²) in [5, 5.41) is 12.2. The summed E-state index contributed by atoms with van der Waals surface area (Å²) in [6.07, 6.45) is 3.77. The van der Waals surface area contributed by atoms with Gasteiger partial charge in [0.25, 0.3) is 10.0 Å². The van der Waals surface area contributed by atoms with Gasteiger partial charge in [0, 0.05) is 28.7 Å². The van der Waals surface area contributed by atoms with E-state index in [1.807, 2.05) is 40.7 Å². The lowest BCUT2D eigenvalue weighted by atomic mass is 9.79. The van der Waals surface area contributed by atoms with Gasteiger partial charge in [-0.25, -0.2) is 12.4 Å². The quantitative estimate of drug-likeness (QED) is 0.379. The molecule has 4 aromatic rings. The molecule has 1 saturated carbocycles. The fourth-order valence-corrected chi connectivity index (χ4v) is 5.72. The number of benzene rings is 2. The smallest absolute Gasteiger partial charge is 0.403 e. The predicted molar refractivity (Wildman–Crippen MR) is 141 cm³/mol. The number of hydrogen-bond donors (Lipinski definition) is 1. The van der Waals surface area contributed by atoms with Crippen LogP contribution in [0.3, 0.4) is 0 Å². The summed E-state index contributed by atoms with van der Waals surface area (Å²) in [7, 11) is -4.64. The minimum atomic E-state index is -3.88. The van der Waals surface area contributed by atoms with Crippen molar-refractivity contribution in [1.29, 1.82) is 0 Å². The average Bonchev–Trinajstić information content (AvgIpc) is 3.29. The van der Waals surface area contributed by atoms with Crippen LogP contribution >= 0.6 is 0 Å². The second kappa shape index (κ2) is 8.18. The summed E-state index contributed by atoms with van der Waals surface area (Å²) in [5.74, 6) is 0.346. The van der Waals surface area contributed by atoms with Gasteiger partial charge in [0.1, 0.15) is 0 Å². The van der Waals surface area contributed by atoms with E-state index in [0.29, 0.717) is 39.9 Å². The second-order valence-corrected chi connectivity index (χ2v) is 12.7. The monoisotopic (exact) mass is 520 g/mol. The van der Waals surface area contributed by atoms with Gasteiger partial charge in [0.2, 0.25) is 5.89 Å². The maximum absolute atomic E-state index is 13.7. The molecule has 2 aromatic carbocycles. The number of nitrogens with zero attached hydrogens (tertiary/aromatic N) is 3. The van der Waals surface area contributed by atoms with Crippen LogP contribution in [-0.2, 0) is 19.3 Å². The molecule has 2 aliphatic rings. The molecule has 1 N–H and O–H groups in total. The first-order valence-corrected chi connectivity index (χ1v) is 13.8. The van der Waals surface area contributed by atoms with E-state index >= 15 is 0 Å². The minimum Gasteiger partial charge on any atom is -0.403 e. The number of rotatable bonds is 6. The van der Waals surface area contributed by atoms with Crippen molar-refractivity contribution >= 4 is 39.5 Å². The Morgan fingerprint density at radius 1 is 1.00 bits per heavy atom. The molecular weight excluding hydrogens is 491 g/mol. The van der Waals surface area contributed by atoms with Gasteiger partial charge in [0.05, 0.1) is 21.6 Å². The Balaban J connectivity index is 1.49. The Morgan fingerprint density at radius 3 is 2.32 bits per heavy atom. The third-order valence-corrected chi connectivity index (χ3v) is 9.15. The van der Waals surface area contributed by atoms with E-state index in [2.05, 4.69) is 15.5 Å². The van der Waals surface area contributed by atoms with Gasteiger partial charge in [-0.15, -0.1) is 5.10 Å². The Bertz CT molecular complexity index is 1590. The fourth-order valence-electron chi connectivity index (χ4n) is 4.34. The zero-order valence-electron chi connectivity index (χ0n) is 21.5. The molecular formula is C26H29BN4O5S. The first-order chi connectivity index (χ1) is 17.4. The van der Waals surface area contributed by atoms with Crippen molar-refractivity contribution in [3.8, 4) is 11.5 Å². The van der Waals surface area contributed by atoms with E-state index in [4.69, 9.17) is 13.7 Å². The van der Waals surface area contributed by atoms with Crippen LogP contribution in [-0.4, -0.2) is 46.9 Å². The second-order valence-electron chi connectivity index (χ2n) is 10.8. The molecule has 0 radical (unpaired) electrons. The molecule has 37 heavy (non-hydrogen) atoms. The van der Waals surface area contributed by atoms with Crippen molar-refractivity contribution in [1.82, 2.24) is 14.2 Å². The zero-order chi connectivity index (χ0) is 26.2. The van der Waals surface area contributed by atoms with Crippen LogP contribution in [0, 0.1) is 6.92 Å². The molecule has 1 aliphatic heterocycles. The molecule has 0 amide bonds. The van der Waals surface area contributed by atoms with Crippen molar-refractivity contribution in [2.24, 2.45) is 0 Å². The van der Waals surface area contributed by atoms with E-state index in [1.165, 1.54) is 3.97 Å². The standard InChI is InChI=1S/C26H29BN4O5S/c1-16-6-11-19(12-7-16)37(32,33)31-15-21(27-35-25(2,3)26(4,5)36-27)20-14-17(8-13-22(20)31)23-29-30-24(34-23)28-18-9-10-18/h6-8,11-15,18H,9-10H2,1-5H3,(H,28,30). The van der Waals surface area contributed by atoms with E-state index < -0.39 is 28.3 Å². The topological polar surface area (TPSA) is 108 Å². The first-order valence-electron chi connectivity index (χ1n) is 12.4. The van der Waals surface area contributed by atoms with Crippen LogP contribution in [0.15, 0.2) is 58.0 Å². The summed E-state index contributed by atoms with van der Waals surface area (Å²) in [6, 6.07) is 13.0. The lowest BCUT2D eigenvalue weighted by Crippen LogP contribution is -2.41. The van der Waals surface area contributed by atoms with Gasteiger partial charge < -0.3 is 19.0 Å². The molecule has 1 aliphatic carbocycles. The minimum absolute atomic E-state index is 0.201. The first kappa shape index (κ1) is 24.2. The van der Waals surface area contributed by atoms with Crippen LogP contribution < -0.4 is 10.8 Å². The Kier molecular flexibility index (Phi) is 5.35. The molecule has 0 spiro atoms. The summed E-state index contributed by atoms with van der Waals surface area (Å²) >= 11 is 0. The highest BCUT2D eigenvalue weighted by molar-refractivity contribution is 7.90. The maximum atomic E-state index is 13.7. The summed E-state index contributed by atoms with van der Waals surface area (Å²) in [5.41, 5.74) is 1.60. The number of aromatic nitrogens is 3. The summed E-state index contributed by atoms with van der Waals surface area (Å²) in [6.45, 7) is 9.78. The molecule has 9 nitrogen and oxygen atoms in total. The summed E-state index contributed by atoms with van der Waals surface area (Å²) < 4.78 is 47.2. The lowest BCUT2D eigenvalue weighted by molar-refractivity contribution is 0.00578. The molecule has 0 unspecified atom stereocenters. The molecule has 0 atom stereocenters. The van der Waals surface area contributed by atoms with Crippen LogP contribution in [0.5, 0.6) is 0 Å². The van der Waals surface area contributed by atoms with Gasteiger partial charge in [-0.3, -0.25) is 0 Å². The van der Waals surface area contributed by atoms with Gasteiger partial charge in [-0.1, -0.05) is 22.8 Å². The van der Waals surface area contributed by atoms with E-state index in [1.54, 1.807) is 42.6 Å². The predicted octanol–water partition coefficient (Wildman–Crippen LogP) is 4.11. The molecule has 6 rings (SSSR count). The lowest BCUT2D eigenvalue weighted by Gasteiger charge is -2.32. The third kappa shape index (κ3) is 4.15. The number of nitrogens with one attached hydrogen (secondary N) is 1. The van der Waals surface area contributed by atoms with Crippen molar-refractivity contribution in [2.45, 2.75) is 69.6 Å². The zero-order valence-corrected chi connectivity index (χ0v) is 22.3. The third-order valence-electron chi connectivity index (χ3n) is 7.46. The fraction of sp³-hybridized carbons (Fsp3) is 0.385. The van der Waals surface area contributed by atoms with Crippen molar-refractivity contribution in [2.75, 3.05) is 5.32 Å². The maximum Gasteiger partial charge on any atom is 0.497 e. The van der Waals surface area contributed by atoms with Crippen LogP contribution in [0.4, 0.5) is 6.01 Å². The van der Waals surface area contributed by atoms with Gasteiger partial charge in [-0.05, 0) is 77.8 Å². The Labute approximate surface area is 216 Å². The Morgan fingerprint density at radius 2 is 1.68 bits per heavy atom. The van der Waals surface area contributed by atoms with Crippen molar-refractivity contribution in [3.63, 3.8) is 0 Å². The molecule has 3 heterocycles. The highest BCUT2D eigenvalue weighted by Crippen LogP contribution is 2.38. The van der Waals surface area contributed by atoms with Gasteiger partial charge >= 0.3 is 13.1 Å². The van der Waals surface area contributed by atoms with Crippen molar-refractivity contribution < 1.29 is 22.1 Å². The van der Waals surface area contributed by atoms with Crippen molar-refractivity contribution in [3.05, 3.63) is 54.2 Å². The molecule has 1 saturated heterocycles.